The highest BCUT2D eigenvalue weighted by Gasteiger charge is 2.29. The van der Waals surface area contributed by atoms with E-state index in [0.717, 1.165) is 50.8 Å². The number of nitrogens with one attached hydrogen (secondary N) is 1. The van der Waals surface area contributed by atoms with Crippen molar-refractivity contribution in [3.05, 3.63) is 4.88 Å². The van der Waals surface area contributed by atoms with Crippen LogP contribution >= 0.6 is 11.3 Å². The van der Waals surface area contributed by atoms with Gasteiger partial charge in [0.2, 0.25) is 0 Å². The largest absolute Gasteiger partial charge is 0.382 e. The van der Waals surface area contributed by atoms with E-state index in [1.807, 2.05) is 4.90 Å². The first-order valence-corrected chi connectivity index (χ1v) is 8.22. The third-order valence-corrected chi connectivity index (χ3v) is 5.25. The predicted molar refractivity (Wildman–Crippen MR) is 84.7 cm³/mol. The Morgan fingerprint density at radius 2 is 2.14 bits per heavy atom. The smallest absolute Gasteiger partial charge is 0.267 e. The van der Waals surface area contributed by atoms with E-state index in [0.29, 0.717) is 23.2 Å². The van der Waals surface area contributed by atoms with E-state index in [-0.39, 0.29) is 5.91 Å². The summed E-state index contributed by atoms with van der Waals surface area (Å²) in [7, 11) is 0. The molecule has 0 bridgehead atoms. The van der Waals surface area contributed by atoms with Crippen LogP contribution in [0.25, 0.3) is 0 Å². The number of nitrogen functional groups attached to an aromatic ring is 1. The van der Waals surface area contributed by atoms with E-state index in [9.17, 15) is 4.79 Å². The van der Waals surface area contributed by atoms with E-state index in [2.05, 4.69) is 15.2 Å². The van der Waals surface area contributed by atoms with Crippen LogP contribution in [0, 0.1) is 5.92 Å². The third kappa shape index (κ3) is 2.97. The fourth-order valence-corrected chi connectivity index (χ4v) is 3.82. The number of hydrogen-bond acceptors (Lipinski definition) is 7. The molecule has 3 heterocycles. The summed E-state index contributed by atoms with van der Waals surface area (Å²) in [6, 6.07) is 0. The maximum atomic E-state index is 12.6. The average molecular weight is 310 g/mol. The van der Waals surface area contributed by atoms with Gasteiger partial charge in [-0.3, -0.25) is 4.79 Å². The zero-order chi connectivity index (χ0) is 14.8. The highest BCUT2D eigenvalue weighted by Crippen LogP contribution is 2.30. The maximum absolute atomic E-state index is 12.6. The van der Waals surface area contributed by atoms with Crippen LogP contribution in [0.1, 0.15) is 16.1 Å². The number of nitrogens with zero attached hydrogens (tertiary/aromatic N) is 3. The number of anilines is 2. The zero-order valence-corrected chi connectivity index (χ0v) is 12.9. The summed E-state index contributed by atoms with van der Waals surface area (Å²) < 4.78 is 0. The van der Waals surface area contributed by atoms with Gasteiger partial charge in [-0.1, -0.05) is 11.3 Å². The second-order valence-electron chi connectivity index (χ2n) is 5.59. The van der Waals surface area contributed by atoms with Gasteiger partial charge >= 0.3 is 0 Å². The van der Waals surface area contributed by atoms with Gasteiger partial charge in [0, 0.05) is 39.3 Å². The summed E-state index contributed by atoms with van der Waals surface area (Å²) in [4.78, 5) is 21.6. The Kier molecular flexibility index (Phi) is 4.27. The number of amides is 1. The quantitative estimate of drug-likeness (QED) is 0.699. The molecule has 0 aromatic carbocycles. The Labute approximate surface area is 128 Å². The minimum absolute atomic E-state index is 0.00216. The molecule has 2 saturated heterocycles. The first-order valence-electron chi connectivity index (χ1n) is 7.40. The monoisotopic (exact) mass is 310 g/mol. The van der Waals surface area contributed by atoms with Crippen LogP contribution < -0.4 is 21.7 Å². The van der Waals surface area contributed by atoms with Gasteiger partial charge in [0.25, 0.3) is 5.91 Å². The third-order valence-electron chi connectivity index (χ3n) is 4.13. The van der Waals surface area contributed by atoms with Crippen molar-refractivity contribution in [2.45, 2.75) is 6.42 Å². The van der Waals surface area contributed by atoms with Crippen LogP contribution in [0.15, 0.2) is 0 Å². The van der Waals surface area contributed by atoms with Crippen LogP contribution in [0.3, 0.4) is 0 Å². The zero-order valence-electron chi connectivity index (χ0n) is 12.0. The van der Waals surface area contributed by atoms with E-state index in [1.54, 1.807) is 0 Å². The fourth-order valence-electron chi connectivity index (χ4n) is 2.82. The molecule has 7 nitrogen and oxygen atoms in total. The normalized spacial score (nSPS) is 22.8. The second-order valence-corrected chi connectivity index (χ2v) is 6.57. The van der Waals surface area contributed by atoms with Gasteiger partial charge in [-0.2, -0.15) is 0 Å². The van der Waals surface area contributed by atoms with E-state index >= 15 is 0 Å². The topological polar surface area (TPSA) is 101 Å². The molecule has 21 heavy (non-hydrogen) atoms. The molecule has 0 spiro atoms. The Bertz CT molecular complexity index is 513. The van der Waals surface area contributed by atoms with E-state index in [4.69, 9.17) is 11.5 Å². The number of hydrogen-bond donors (Lipinski definition) is 3. The number of rotatable bonds is 3. The molecule has 1 unspecified atom stereocenters. The Balaban J connectivity index is 1.73. The van der Waals surface area contributed by atoms with Crippen LogP contribution in [-0.4, -0.2) is 61.6 Å². The number of carbonyl (C=O) groups is 1. The molecule has 1 aromatic rings. The number of piperazine rings is 1. The number of aromatic nitrogens is 1. The van der Waals surface area contributed by atoms with Gasteiger partial charge in [0.15, 0.2) is 5.13 Å². The van der Waals surface area contributed by atoms with Crippen LogP contribution in [0.5, 0.6) is 0 Å². The lowest BCUT2D eigenvalue weighted by molar-refractivity contribution is 0.0793. The molecule has 3 rings (SSSR count). The molecule has 0 radical (unpaired) electrons. The van der Waals surface area contributed by atoms with Crippen molar-refractivity contribution in [1.29, 1.82) is 0 Å². The Hall–Kier alpha value is -1.38. The molecular formula is C13H22N6OS. The van der Waals surface area contributed by atoms with Gasteiger partial charge in [-0.25, -0.2) is 4.98 Å². The molecule has 2 aliphatic rings. The first kappa shape index (κ1) is 14.6. The molecule has 5 N–H and O–H groups in total. The van der Waals surface area contributed by atoms with Gasteiger partial charge < -0.3 is 26.6 Å². The minimum atomic E-state index is 0.00216. The second kappa shape index (κ2) is 6.17. The average Bonchev–Trinajstić information content (AvgIpc) is 3.14. The summed E-state index contributed by atoms with van der Waals surface area (Å²) in [5.74, 6) is 0.771. The molecule has 1 amide bonds. The van der Waals surface area contributed by atoms with Gasteiger partial charge in [-0.05, 0) is 18.9 Å². The highest BCUT2D eigenvalue weighted by molar-refractivity contribution is 7.18. The Morgan fingerprint density at radius 1 is 1.38 bits per heavy atom. The van der Waals surface area contributed by atoms with Gasteiger partial charge in [0.05, 0.1) is 0 Å². The van der Waals surface area contributed by atoms with Crippen molar-refractivity contribution >= 4 is 28.2 Å². The van der Waals surface area contributed by atoms with E-state index in [1.165, 1.54) is 11.3 Å². The summed E-state index contributed by atoms with van der Waals surface area (Å²) >= 11 is 1.41. The maximum Gasteiger partial charge on any atom is 0.267 e. The number of carbonyl (C=O) groups excluding carboxylic acids is 1. The first-order chi connectivity index (χ1) is 10.2. The van der Waals surface area contributed by atoms with Crippen molar-refractivity contribution in [2.24, 2.45) is 11.7 Å². The molecule has 0 aliphatic carbocycles. The summed E-state index contributed by atoms with van der Waals surface area (Å²) in [6.07, 6.45) is 0.978. The molecule has 8 heteroatoms. The molecule has 116 valence electrons. The van der Waals surface area contributed by atoms with Gasteiger partial charge in [0.1, 0.15) is 10.7 Å². The lowest BCUT2D eigenvalue weighted by Crippen LogP contribution is -2.43. The molecule has 0 saturated carbocycles. The lowest BCUT2D eigenvalue weighted by atomic mass is 10.1. The lowest BCUT2D eigenvalue weighted by Gasteiger charge is -2.26. The van der Waals surface area contributed by atoms with Crippen molar-refractivity contribution < 1.29 is 4.79 Å². The molecular weight excluding hydrogens is 288 g/mol. The summed E-state index contributed by atoms with van der Waals surface area (Å²) in [5.41, 5.74) is 11.6. The van der Waals surface area contributed by atoms with E-state index < -0.39 is 0 Å². The Morgan fingerprint density at radius 3 is 2.81 bits per heavy atom. The minimum Gasteiger partial charge on any atom is -0.382 e. The molecule has 2 aliphatic heterocycles. The predicted octanol–water partition coefficient (Wildman–Crippen LogP) is -0.444. The summed E-state index contributed by atoms with van der Waals surface area (Å²) in [5, 5.41) is 4.16. The van der Waals surface area contributed by atoms with Crippen LogP contribution in [0.2, 0.25) is 0 Å². The summed E-state index contributed by atoms with van der Waals surface area (Å²) in [6.45, 7) is 5.81. The fraction of sp³-hybridized carbons (Fsp3) is 0.692. The molecule has 2 fully saturated rings. The number of likely N-dealkylation sites (tertiary alicyclic amines) is 1. The van der Waals surface area contributed by atoms with Crippen molar-refractivity contribution in [3.63, 3.8) is 0 Å². The SMILES string of the molecule is NCC1CCN(C(=O)c2sc(N3CCNCC3)nc2N)C1. The van der Waals surface area contributed by atoms with Crippen molar-refractivity contribution in [3.8, 4) is 0 Å². The van der Waals surface area contributed by atoms with Crippen LogP contribution in [-0.2, 0) is 0 Å². The standard InChI is InChI=1S/C13H22N6OS/c14-7-9-1-4-19(8-9)12(20)10-11(15)17-13(21-10)18-5-2-16-3-6-18/h9,16H,1-8,14-15H2. The van der Waals surface area contributed by atoms with Crippen molar-refractivity contribution in [1.82, 2.24) is 15.2 Å². The van der Waals surface area contributed by atoms with Crippen molar-refractivity contribution in [2.75, 3.05) is 56.4 Å². The number of nitrogens with two attached hydrogens (primary N) is 2. The molecule has 1 atom stereocenters. The van der Waals surface area contributed by atoms with Gasteiger partial charge in [-0.15, -0.1) is 0 Å². The molecule has 1 aromatic heterocycles. The number of thiazole rings is 1. The highest BCUT2D eigenvalue weighted by atomic mass is 32.1. The van der Waals surface area contributed by atoms with Crippen LogP contribution in [0.4, 0.5) is 10.9 Å².